The molecule has 56 heavy (non-hydrogen) atoms. The molecule has 0 aliphatic heterocycles. The highest BCUT2D eigenvalue weighted by molar-refractivity contribution is 6.12. The van der Waals surface area contributed by atoms with Crippen LogP contribution in [0.3, 0.4) is 0 Å². The van der Waals surface area contributed by atoms with Crippen molar-refractivity contribution in [1.29, 1.82) is 0 Å². The molecule has 10 aromatic rings. The molecule has 0 bridgehead atoms. The van der Waals surface area contributed by atoms with Crippen molar-refractivity contribution in [1.82, 2.24) is 9.13 Å². The van der Waals surface area contributed by atoms with Crippen molar-refractivity contribution in [2.75, 3.05) is 0 Å². The average Bonchev–Trinajstić information content (AvgIpc) is 3.73. The van der Waals surface area contributed by atoms with E-state index >= 15 is 17.6 Å². The Morgan fingerprint density at radius 1 is 0.357 bits per heavy atom. The van der Waals surface area contributed by atoms with Crippen molar-refractivity contribution in [3.05, 3.63) is 193 Å². The molecule has 0 saturated heterocycles. The molecule has 270 valence electrons. The van der Waals surface area contributed by atoms with Crippen LogP contribution in [0.25, 0.3) is 88.4 Å². The van der Waals surface area contributed by atoms with E-state index in [-0.39, 0.29) is 22.5 Å². The van der Waals surface area contributed by atoms with E-state index < -0.39 is 23.4 Å². The second-order valence-electron chi connectivity index (χ2n) is 13.9. The molecule has 10 rings (SSSR count). The first-order chi connectivity index (χ1) is 27.3. The van der Waals surface area contributed by atoms with E-state index in [0.717, 1.165) is 49.9 Å². The molecule has 0 saturated carbocycles. The lowest BCUT2D eigenvalue weighted by Gasteiger charge is -2.23. The number of para-hydroxylation sites is 2. The van der Waals surface area contributed by atoms with Gasteiger partial charge in [-0.25, -0.2) is 8.78 Å². The smallest absolute Gasteiger partial charge is 0.309 e. The Bertz CT molecular complexity index is 2960. The van der Waals surface area contributed by atoms with Crippen LogP contribution in [0, 0.1) is 11.6 Å². The molecule has 0 atom stereocenters. The number of halogens is 5. The second-order valence-corrected chi connectivity index (χ2v) is 13.9. The summed E-state index contributed by atoms with van der Waals surface area (Å²) >= 11 is 0. The molecule has 7 heteroatoms. The van der Waals surface area contributed by atoms with E-state index in [4.69, 9.17) is 0 Å². The van der Waals surface area contributed by atoms with E-state index in [0.29, 0.717) is 22.1 Å². The minimum atomic E-state index is -4.91. The maximum Gasteiger partial charge on any atom is 0.420 e. The van der Waals surface area contributed by atoms with Gasteiger partial charge in [0, 0.05) is 27.1 Å². The fourth-order valence-corrected chi connectivity index (χ4v) is 8.22. The van der Waals surface area contributed by atoms with Crippen LogP contribution in [0.1, 0.15) is 5.56 Å². The van der Waals surface area contributed by atoms with Crippen molar-refractivity contribution in [2.45, 2.75) is 6.18 Å². The molecule has 8 aromatic carbocycles. The zero-order chi connectivity index (χ0) is 38.1. The molecule has 0 amide bonds. The van der Waals surface area contributed by atoms with Gasteiger partial charge in [-0.15, -0.1) is 0 Å². The molecular weight excluding hydrogens is 712 g/mol. The van der Waals surface area contributed by atoms with E-state index in [1.807, 2.05) is 121 Å². The molecule has 2 heterocycles. The second kappa shape index (κ2) is 12.8. The van der Waals surface area contributed by atoms with E-state index in [2.05, 4.69) is 0 Å². The molecule has 0 radical (unpaired) electrons. The van der Waals surface area contributed by atoms with Gasteiger partial charge < -0.3 is 9.13 Å². The summed E-state index contributed by atoms with van der Waals surface area (Å²) < 4.78 is 82.9. The first-order valence-corrected chi connectivity index (χ1v) is 18.1. The third-order valence-corrected chi connectivity index (χ3v) is 10.7. The summed E-state index contributed by atoms with van der Waals surface area (Å²) in [5.41, 5.74) is 4.18. The predicted octanol–water partition coefficient (Wildman–Crippen LogP) is 14.2. The Morgan fingerprint density at radius 2 is 0.804 bits per heavy atom. The Balaban J connectivity index is 1.39. The van der Waals surface area contributed by atoms with Crippen LogP contribution >= 0.6 is 0 Å². The minimum absolute atomic E-state index is 0.0929. The lowest BCUT2D eigenvalue weighted by atomic mass is 9.98. The standard InChI is InChI=1S/C49H29F5N2/c50-40-19-11-18-35(48(40)51)34-28-45(55-41-20-9-7-16-36(41)38-24-22-32(26-43(38)55)30-12-3-1-4-13-30)47(49(52,53)54)46(29-34)56-42-21-10-8-17-37(42)39-25-23-33(27-44(39)56)31-14-5-2-6-15-31/h1-29H. The van der Waals surface area contributed by atoms with Gasteiger partial charge in [-0.3, -0.25) is 0 Å². The lowest BCUT2D eigenvalue weighted by Crippen LogP contribution is -2.16. The Hall–Kier alpha value is -6.99. The van der Waals surface area contributed by atoms with Crippen LogP contribution in [-0.4, -0.2) is 9.13 Å². The van der Waals surface area contributed by atoms with E-state index in [1.165, 1.54) is 24.3 Å². The molecule has 0 fully saturated rings. The van der Waals surface area contributed by atoms with Crippen LogP contribution < -0.4 is 0 Å². The predicted molar refractivity (Wildman–Crippen MR) is 216 cm³/mol. The first kappa shape index (κ1) is 33.6. The van der Waals surface area contributed by atoms with Crippen molar-refractivity contribution < 1.29 is 22.0 Å². The summed E-state index contributed by atoms with van der Waals surface area (Å²) in [6, 6.07) is 51.9. The molecule has 0 unspecified atom stereocenters. The normalized spacial score (nSPS) is 12.0. The van der Waals surface area contributed by atoms with Gasteiger partial charge in [0.05, 0.1) is 33.4 Å². The highest BCUT2D eigenvalue weighted by Gasteiger charge is 2.40. The number of hydrogen-bond donors (Lipinski definition) is 0. The number of hydrogen-bond acceptors (Lipinski definition) is 0. The van der Waals surface area contributed by atoms with Gasteiger partial charge in [0.25, 0.3) is 0 Å². The third kappa shape index (κ3) is 5.30. The maximum atomic E-state index is 16.3. The number of rotatable bonds is 5. The minimum Gasteiger partial charge on any atom is -0.309 e. The fraction of sp³-hybridized carbons (Fsp3) is 0.0204. The van der Waals surface area contributed by atoms with Gasteiger partial charge in [-0.2, -0.15) is 13.2 Å². The molecule has 2 aromatic heterocycles. The van der Waals surface area contributed by atoms with Gasteiger partial charge >= 0.3 is 6.18 Å². The third-order valence-electron chi connectivity index (χ3n) is 10.7. The average molecular weight is 741 g/mol. The summed E-state index contributed by atoms with van der Waals surface area (Å²) in [5.74, 6) is -2.24. The lowest BCUT2D eigenvalue weighted by molar-refractivity contribution is -0.137. The number of aromatic nitrogens is 2. The van der Waals surface area contributed by atoms with Crippen molar-refractivity contribution in [2.24, 2.45) is 0 Å². The Labute approximate surface area is 317 Å². The fourth-order valence-electron chi connectivity index (χ4n) is 8.22. The van der Waals surface area contributed by atoms with Gasteiger partial charge in [0.1, 0.15) is 5.56 Å². The topological polar surface area (TPSA) is 9.86 Å². The number of nitrogens with zero attached hydrogens (tertiary/aromatic N) is 2. The van der Waals surface area contributed by atoms with Crippen LogP contribution in [-0.2, 0) is 6.18 Å². The number of benzene rings is 8. The van der Waals surface area contributed by atoms with Gasteiger partial charge in [-0.1, -0.05) is 133 Å². The molecule has 0 spiro atoms. The molecule has 0 aliphatic carbocycles. The Kier molecular flexibility index (Phi) is 7.68. The highest BCUT2D eigenvalue weighted by Crippen LogP contribution is 2.47. The van der Waals surface area contributed by atoms with Crippen LogP contribution in [0.4, 0.5) is 22.0 Å². The monoisotopic (exact) mass is 740 g/mol. The molecule has 0 aliphatic rings. The molecular formula is C49H29F5N2. The van der Waals surface area contributed by atoms with Crippen LogP contribution in [0.15, 0.2) is 176 Å². The summed E-state index contributed by atoms with van der Waals surface area (Å²) in [4.78, 5) is 0. The van der Waals surface area contributed by atoms with E-state index in [9.17, 15) is 4.39 Å². The summed E-state index contributed by atoms with van der Waals surface area (Å²) in [7, 11) is 0. The van der Waals surface area contributed by atoms with Crippen molar-refractivity contribution in [3.63, 3.8) is 0 Å². The molecule has 0 N–H and O–H groups in total. The van der Waals surface area contributed by atoms with Gasteiger partial charge in [0.2, 0.25) is 0 Å². The summed E-state index contributed by atoms with van der Waals surface area (Å²) in [6.45, 7) is 0. The largest absolute Gasteiger partial charge is 0.420 e. The zero-order valence-electron chi connectivity index (χ0n) is 29.5. The van der Waals surface area contributed by atoms with Crippen LogP contribution in [0.5, 0.6) is 0 Å². The number of fused-ring (bicyclic) bond motifs is 6. The molecule has 2 nitrogen and oxygen atoms in total. The first-order valence-electron chi connectivity index (χ1n) is 18.1. The Morgan fingerprint density at radius 3 is 1.29 bits per heavy atom. The summed E-state index contributed by atoms with van der Waals surface area (Å²) in [6.07, 6.45) is -4.91. The quantitative estimate of drug-likeness (QED) is 0.156. The number of alkyl halides is 3. The summed E-state index contributed by atoms with van der Waals surface area (Å²) in [5, 5.41) is 3.01. The zero-order valence-corrected chi connectivity index (χ0v) is 29.5. The van der Waals surface area contributed by atoms with Gasteiger partial charge in [-0.05, 0) is 70.3 Å². The van der Waals surface area contributed by atoms with Crippen molar-refractivity contribution in [3.8, 4) is 44.8 Å². The van der Waals surface area contributed by atoms with Crippen LogP contribution in [0.2, 0.25) is 0 Å². The van der Waals surface area contributed by atoms with Crippen molar-refractivity contribution >= 4 is 43.6 Å². The highest BCUT2D eigenvalue weighted by atomic mass is 19.4. The van der Waals surface area contributed by atoms with Gasteiger partial charge in [0.15, 0.2) is 11.6 Å². The maximum absolute atomic E-state index is 16.3. The SMILES string of the molecule is Fc1cccc(-c2cc(-n3c4ccccc4c4ccc(-c5ccccc5)cc43)c(C(F)(F)F)c(-n3c4ccccc4c4ccc(-c5ccccc5)cc43)c2)c1F. The van der Waals surface area contributed by atoms with E-state index in [1.54, 1.807) is 33.4 Å².